The Morgan fingerprint density at radius 1 is 1.13 bits per heavy atom. The predicted octanol–water partition coefficient (Wildman–Crippen LogP) is 7.60. The van der Waals surface area contributed by atoms with Crippen molar-refractivity contribution < 1.29 is 14.3 Å². The number of carbonyl (C=O) groups is 1. The van der Waals surface area contributed by atoms with Crippen molar-refractivity contribution in [1.82, 2.24) is 9.78 Å². The number of hydrogen-bond acceptors (Lipinski definition) is 6. The van der Waals surface area contributed by atoms with E-state index in [-0.39, 0.29) is 0 Å². The molecule has 0 bridgehead atoms. The number of carbonyl (C=O) groups excluding carboxylic acids is 1. The summed E-state index contributed by atoms with van der Waals surface area (Å²) in [6, 6.07) is 11.8. The molecule has 0 spiro atoms. The van der Waals surface area contributed by atoms with Crippen molar-refractivity contribution in [2.24, 2.45) is 0 Å². The number of fused-ring (bicyclic) bond motifs is 1. The zero-order valence-electron chi connectivity index (χ0n) is 17.9. The normalized spacial score (nSPS) is 11.9. The Morgan fingerprint density at radius 2 is 1.80 bits per heavy atom. The van der Waals surface area contributed by atoms with E-state index in [0.717, 1.165) is 15.2 Å². The zero-order valence-corrected chi connectivity index (χ0v) is 21.1. The van der Waals surface area contributed by atoms with E-state index in [1.165, 1.54) is 4.68 Å². The maximum absolute atomic E-state index is 12.8. The number of benzene rings is 2. The zero-order chi connectivity index (χ0) is 22.1. The lowest BCUT2D eigenvalue weighted by molar-refractivity contribution is 0.0521. The molecule has 30 heavy (non-hydrogen) atoms. The van der Waals surface area contributed by atoms with Crippen LogP contribution in [-0.2, 0) is 4.74 Å². The first-order valence-corrected chi connectivity index (χ1v) is 12.4. The van der Waals surface area contributed by atoms with E-state index in [4.69, 9.17) is 9.47 Å². The Bertz CT molecular complexity index is 1060. The highest BCUT2D eigenvalue weighted by Crippen LogP contribution is 2.39. The SMILES string of the molecule is CSc1ccc(Oc2cc(SC(C)C)cc3c(Br)nn(C(=O)OC(C)(C)C)c23)cc1. The topological polar surface area (TPSA) is 53.4 Å². The molecule has 3 rings (SSSR count). The number of hydrogen-bond donors (Lipinski definition) is 0. The number of aromatic nitrogens is 2. The second-order valence-electron chi connectivity index (χ2n) is 7.94. The van der Waals surface area contributed by atoms with Crippen LogP contribution in [0.25, 0.3) is 10.9 Å². The lowest BCUT2D eigenvalue weighted by Crippen LogP contribution is -2.27. The Hall–Kier alpha value is -1.64. The lowest BCUT2D eigenvalue weighted by atomic mass is 10.2. The average Bonchev–Trinajstić information content (AvgIpc) is 2.98. The Labute approximate surface area is 194 Å². The Kier molecular flexibility index (Phi) is 7.09. The van der Waals surface area contributed by atoms with Crippen molar-refractivity contribution in [3.63, 3.8) is 0 Å². The molecule has 0 fully saturated rings. The van der Waals surface area contributed by atoms with Crippen molar-refractivity contribution in [2.75, 3.05) is 6.26 Å². The highest BCUT2D eigenvalue weighted by Gasteiger charge is 2.25. The van der Waals surface area contributed by atoms with Crippen molar-refractivity contribution in [3.05, 3.63) is 41.0 Å². The summed E-state index contributed by atoms with van der Waals surface area (Å²) >= 11 is 6.89. The lowest BCUT2D eigenvalue weighted by Gasteiger charge is -2.19. The molecule has 0 saturated heterocycles. The fourth-order valence-electron chi connectivity index (χ4n) is 2.78. The predicted molar refractivity (Wildman–Crippen MR) is 128 cm³/mol. The van der Waals surface area contributed by atoms with E-state index in [1.54, 1.807) is 23.5 Å². The largest absolute Gasteiger partial charge is 0.455 e. The van der Waals surface area contributed by atoms with Crippen molar-refractivity contribution >= 4 is 56.4 Å². The molecule has 0 radical (unpaired) electrons. The van der Waals surface area contributed by atoms with Gasteiger partial charge in [0, 0.05) is 20.4 Å². The molecule has 0 atom stereocenters. The van der Waals surface area contributed by atoms with Crippen molar-refractivity contribution in [2.45, 2.75) is 55.3 Å². The number of rotatable bonds is 5. The molecule has 0 saturated carbocycles. The van der Waals surface area contributed by atoms with Crippen LogP contribution >= 0.6 is 39.5 Å². The van der Waals surface area contributed by atoms with Crippen LogP contribution in [0, 0.1) is 0 Å². The standard InChI is InChI=1S/C22H25BrN2O3S2/c1-13(2)30-16-11-17-19(25(24-20(17)23)21(26)28-22(3,4)5)18(12-16)27-14-7-9-15(29-6)10-8-14/h7-13H,1-6H3. The van der Waals surface area contributed by atoms with Gasteiger partial charge in [0.1, 0.15) is 21.5 Å². The van der Waals surface area contributed by atoms with Gasteiger partial charge in [-0.25, -0.2) is 4.79 Å². The molecule has 1 aromatic heterocycles. The fraction of sp³-hybridized carbons (Fsp3) is 0.364. The first kappa shape index (κ1) is 23.0. The number of halogens is 1. The number of ether oxygens (including phenoxy) is 2. The first-order chi connectivity index (χ1) is 14.1. The van der Waals surface area contributed by atoms with Gasteiger partial charge in [-0.2, -0.15) is 9.78 Å². The molecule has 0 amide bonds. The molecule has 160 valence electrons. The smallest absolute Gasteiger partial charge is 0.435 e. The molecule has 0 aliphatic carbocycles. The van der Waals surface area contributed by atoms with Gasteiger partial charge in [-0.15, -0.1) is 23.5 Å². The van der Waals surface area contributed by atoms with E-state index < -0.39 is 11.7 Å². The van der Waals surface area contributed by atoms with Crippen LogP contribution in [0.15, 0.2) is 50.8 Å². The van der Waals surface area contributed by atoms with Gasteiger partial charge in [0.05, 0.1) is 0 Å². The van der Waals surface area contributed by atoms with Gasteiger partial charge in [-0.3, -0.25) is 0 Å². The van der Waals surface area contributed by atoms with Crippen molar-refractivity contribution in [3.8, 4) is 11.5 Å². The minimum absolute atomic E-state index is 0.399. The van der Waals surface area contributed by atoms with E-state index in [0.29, 0.717) is 26.9 Å². The van der Waals surface area contributed by atoms with Crippen LogP contribution < -0.4 is 4.74 Å². The maximum Gasteiger partial charge on any atom is 0.435 e. The third-order valence-corrected chi connectivity index (χ3v) is 6.20. The van der Waals surface area contributed by atoms with Gasteiger partial charge in [0.2, 0.25) is 0 Å². The minimum atomic E-state index is -0.635. The molecule has 0 aliphatic heterocycles. The van der Waals surface area contributed by atoms with Gasteiger partial charge >= 0.3 is 6.09 Å². The summed E-state index contributed by atoms with van der Waals surface area (Å²) in [5.41, 5.74) is -0.0672. The highest BCUT2D eigenvalue weighted by atomic mass is 79.9. The summed E-state index contributed by atoms with van der Waals surface area (Å²) in [6.45, 7) is 9.75. The second kappa shape index (κ2) is 9.24. The van der Waals surface area contributed by atoms with Crippen molar-refractivity contribution in [1.29, 1.82) is 0 Å². The summed E-state index contributed by atoms with van der Waals surface area (Å²) in [4.78, 5) is 15.0. The van der Waals surface area contributed by atoms with E-state index in [2.05, 4.69) is 34.9 Å². The first-order valence-electron chi connectivity index (χ1n) is 9.51. The monoisotopic (exact) mass is 508 g/mol. The second-order valence-corrected chi connectivity index (χ2v) is 11.2. The van der Waals surface area contributed by atoms with Crippen LogP contribution in [0.5, 0.6) is 11.5 Å². The third-order valence-electron chi connectivity index (χ3n) is 3.90. The number of thioether (sulfide) groups is 2. The molecule has 5 nitrogen and oxygen atoms in total. The minimum Gasteiger partial charge on any atom is -0.455 e. The van der Waals surface area contributed by atoms with Crippen LogP contribution in [0.2, 0.25) is 0 Å². The molecular weight excluding hydrogens is 484 g/mol. The fourth-order valence-corrected chi connectivity index (χ4v) is 4.55. The highest BCUT2D eigenvalue weighted by molar-refractivity contribution is 9.10. The summed E-state index contributed by atoms with van der Waals surface area (Å²) < 4.78 is 13.6. The maximum atomic E-state index is 12.8. The van der Waals surface area contributed by atoms with Gasteiger partial charge in [0.25, 0.3) is 0 Å². The molecular formula is C22H25BrN2O3S2. The molecule has 0 aliphatic rings. The summed E-state index contributed by atoms with van der Waals surface area (Å²) in [7, 11) is 0. The van der Waals surface area contributed by atoms with E-state index in [1.807, 2.05) is 63.4 Å². The molecule has 1 heterocycles. The molecule has 3 aromatic rings. The van der Waals surface area contributed by atoms with Gasteiger partial charge in [0.15, 0.2) is 5.75 Å². The summed E-state index contributed by atoms with van der Waals surface area (Å²) in [5, 5.41) is 5.58. The van der Waals surface area contributed by atoms with Gasteiger partial charge in [-0.05, 0) is 79.4 Å². The molecule has 0 unspecified atom stereocenters. The molecule has 0 N–H and O–H groups in total. The van der Waals surface area contributed by atoms with Crippen LogP contribution in [0.4, 0.5) is 4.79 Å². The Balaban J connectivity index is 2.13. The van der Waals surface area contributed by atoms with Crippen LogP contribution in [0.3, 0.4) is 0 Å². The average molecular weight is 509 g/mol. The molecule has 8 heteroatoms. The summed E-state index contributed by atoms with van der Waals surface area (Å²) in [6.07, 6.45) is 1.48. The van der Waals surface area contributed by atoms with E-state index >= 15 is 0 Å². The summed E-state index contributed by atoms with van der Waals surface area (Å²) in [5.74, 6) is 1.24. The molecule has 2 aromatic carbocycles. The third kappa shape index (κ3) is 5.53. The van der Waals surface area contributed by atoms with Crippen LogP contribution in [-0.4, -0.2) is 33.0 Å². The van der Waals surface area contributed by atoms with Gasteiger partial charge in [-0.1, -0.05) is 13.8 Å². The van der Waals surface area contributed by atoms with E-state index in [9.17, 15) is 4.79 Å². The number of nitrogens with zero attached hydrogens (tertiary/aromatic N) is 2. The Morgan fingerprint density at radius 3 is 2.37 bits per heavy atom. The van der Waals surface area contributed by atoms with Gasteiger partial charge < -0.3 is 9.47 Å². The van der Waals surface area contributed by atoms with Crippen LogP contribution in [0.1, 0.15) is 34.6 Å². The quantitative estimate of drug-likeness (QED) is 0.330.